The fraction of sp³-hybridized carbons (Fsp3) is 0.455. The van der Waals surface area contributed by atoms with Crippen molar-refractivity contribution < 1.29 is 29.4 Å². The molecule has 0 atom stereocenters. The summed E-state index contributed by atoms with van der Waals surface area (Å²) in [6.45, 7) is 0.838. The summed E-state index contributed by atoms with van der Waals surface area (Å²) in [6, 6.07) is 5.37. The molecule has 0 bridgehead atoms. The summed E-state index contributed by atoms with van der Waals surface area (Å²) < 4.78 is 0. The van der Waals surface area contributed by atoms with Crippen LogP contribution in [0.15, 0.2) is 18.2 Å². The van der Waals surface area contributed by atoms with Gasteiger partial charge in [0.2, 0.25) is 17.8 Å². The van der Waals surface area contributed by atoms with Crippen molar-refractivity contribution in [2.45, 2.75) is 51.4 Å². The predicted molar refractivity (Wildman–Crippen MR) is 121 cm³/mol. The average molecular weight is 457 g/mol. The van der Waals surface area contributed by atoms with Crippen LogP contribution in [-0.4, -0.2) is 50.5 Å². The number of benzene rings is 1. The van der Waals surface area contributed by atoms with Gasteiger partial charge in [-0.25, -0.2) is 4.98 Å². The van der Waals surface area contributed by atoms with Gasteiger partial charge in [-0.15, -0.1) is 0 Å². The number of carboxylic acid groups (broad SMARTS) is 2. The normalized spacial score (nSPS) is 13.6. The van der Waals surface area contributed by atoms with Crippen LogP contribution < -0.4 is 16.0 Å². The second-order valence-corrected chi connectivity index (χ2v) is 8.04. The second-order valence-electron chi connectivity index (χ2n) is 8.04. The highest BCUT2D eigenvalue weighted by Gasteiger charge is 2.17. The highest BCUT2D eigenvalue weighted by Crippen LogP contribution is 2.28. The first-order valence-electron chi connectivity index (χ1n) is 10.9. The van der Waals surface area contributed by atoms with Crippen molar-refractivity contribution in [2.75, 3.05) is 22.5 Å². The van der Waals surface area contributed by atoms with Crippen molar-refractivity contribution in [2.24, 2.45) is 5.92 Å². The second kappa shape index (κ2) is 11.2. The summed E-state index contributed by atoms with van der Waals surface area (Å²) in [5.74, 6) is -2.64. The number of hydrogen-bond acceptors (Lipinski definition) is 7. The van der Waals surface area contributed by atoms with Gasteiger partial charge in [-0.05, 0) is 37.0 Å². The minimum absolute atomic E-state index is 0.0851. The van der Waals surface area contributed by atoms with E-state index in [9.17, 15) is 19.2 Å². The minimum atomic E-state index is -1.10. The molecule has 0 unspecified atom stereocenters. The van der Waals surface area contributed by atoms with Crippen molar-refractivity contribution in [3.8, 4) is 0 Å². The number of hydrogen-bond donors (Lipinski definition) is 5. The van der Waals surface area contributed by atoms with E-state index in [2.05, 4.69) is 25.9 Å². The van der Waals surface area contributed by atoms with Crippen LogP contribution in [0, 0.1) is 5.92 Å². The summed E-state index contributed by atoms with van der Waals surface area (Å²) in [4.78, 5) is 54.2. The Kier molecular flexibility index (Phi) is 8.11. The number of carboxylic acids is 2. The quantitative estimate of drug-likeness (QED) is 0.340. The molecule has 1 fully saturated rings. The molecule has 176 valence electrons. The van der Waals surface area contributed by atoms with Gasteiger partial charge in [-0.2, -0.15) is 4.98 Å². The number of aliphatic carboxylic acids is 2. The van der Waals surface area contributed by atoms with Gasteiger partial charge in [0.1, 0.15) is 5.82 Å². The molecule has 0 aliphatic heterocycles. The van der Waals surface area contributed by atoms with E-state index in [1.54, 1.807) is 12.1 Å². The van der Waals surface area contributed by atoms with Crippen molar-refractivity contribution in [3.05, 3.63) is 18.2 Å². The first kappa shape index (κ1) is 23.9. The van der Waals surface area contributed by atoms with Crippen LogP contribution in [0.4, 0.5) is 17.5 Å². The lowest BCUT2D eigenvalue weighted by molar-refractivity contribution is -0.138. The standard InChI is InChI=1S/C22H27N5O6/c28-17(7-9-19(30)31)25-21-15-11-14(23-12-13-3-1-2-4-13)5-6-16(15)24-22(27-21)26-18(29)8-10-20(32)33/h5-6,11,13,23H,1-4,7-10,12H2,(H,30,31)(H,32,33)(H2,24,25,26,27,28,29). The zero-order chi connectivity index (χ0) is 23.8. The molecule has 1 heterocycles. The first-order chi connectivity index (χ1) is 15.8. The van der Waals surface area contributed by atoms with Gasteiger partial charge in [0.25, 0.3) is 0 Å². The topological polar surface area (TPSA) is 171 Å². The Balaban J connectivity index is 1.83. The maximum absolute atomic E-state index is 12.3. The molecule has 33 heavy (non-hydrogen) atoms. The number of rotatable bonds is 11. The number of carbonyl (C=O) groups is 4. The Bertz CT molecular complexity index is 1050. The van der Waals surface area contributed by atoms with Gasteiger partial charge in [-0.3, -0.25) is 24.5 Å². The highest BCUT2D eigenvalue weighted by atomic mass is 16.4. The zero-order valence-corrected chi connectivity index (χ0v) is 18.1. The fourth-order valence-electron chi connectivity index (χ4n) is 3.69. The molecule has 1 saturated carbocycles. The number of nitrogens with zero attached hydrogens (tertiary/aromatic N) is 2. The van der Waals surface area contributed by atoms with Gasteiger partial charge in [0, 0.05) is 30.5 Å². The molecular formula is C22H27N5O6. The third kappa shape index (κ3) is 7.41. The van der Waals surface area contributed by atoms with Crippen LogP contribution >= 0.6 is 0 Å². The number of anilines is 3. The van der Waals surface area contributed by atoms with E-state index >= 15 is 0 Å². The van der Waals surface area contributed by atoms with Crippen molar-refractivity contribution in [1.29, 1.82) is 0 Å². The highest BCUT2D eigenvalue weighted by molar-refractivity contribution is 6.02. The van der Waals surface area contributed by atoms with Crippen LogP contribution in [0.5, 0.6) is 0 Å². The fourth-order valence-corrected chi connectivity index (χ4v) is 3.69. The largest absolute Gasteiger partial charge is 0.481 e. The smallest absolute Gasteiger partial charge is 0.303 e. The Hall–Kier alpha value is -3.76. The molecule has 0 spiro atoms. The Morgan fingerprint density at radius 3 is 2.15 bits per heavy atom. The number of nitrogens with one attached hydrogen (secondary N) is 3. The molecule has 1 aliphatic rings. The molecule has 0 radical (unpaired) electrons. The Morgan fingerprint density at radius 2 is 1.52 bits per heavy atom. The molecular weight excluding hydrogens is 430 g/mol. The summed E-state index contributed by atoms with van der Waals surface area (Å²) in [5, 5.41) is 26.5. The van der Waals surface area contributed by atoms with Crippen LogP contribution in [-0.2, 0) is 19.2 Å². The molecule has 1 aromatic carbocycles. The monoisotopic (exact) mass is 457 g/mol. The van der Waals surface area contributed by atoms with E-state index < -0.39 is 23.8 Å². The third-order valence-electron chi connectivity index (χ3n) is 5.41. The molecule has 11 heteroatoms. The zero-order valence-electron chi connectivity index (χ0n) is 18.1. The van der Waals surface area contributed by atoms with Crippen molar-refractivity contribution in [3.63, 3.8) is 0 Å². The minimum Gasteiger partial charge on any atom is -0.481 e. The van der Waals surface area contributed by atoms with Gasteiger partial charge in [0.05, 0.1) is 18.4 Å². The first-order valence-corrected chi connectivity index (χ1v) is 10.9. The van der Waals surface area contributed by atoms with Crippen LogP contribution in [0.3, 0.4) is 0 Å². The van der Waals surface area contributed by atoms with Gasteiger partial charge in [0.15, 0.2) is 0 Å². The van der Waals surface area contributed by atoms with Gasteiger partial charge in [-0.1, -0.05) is 12.8 Å². The molecule has 0 saturated heterocycles. The molecule has 1 aliphatic carbocycles. The van der Waals surface area contributed by atoms with Crippen LogP contribution in [0.1, 0.15) is 51.4 Å². The summed E-state index contributed by atoms with van der Waals surface area (Å²) in [5.41, 5.74) is 1.29. The van der Waals surface area contributed by atoms with Gasteiger partial charge >= 0.3 is 11.9 Å². The molecule has 11 nitrogen and oxygen atoms in total. The van der Waals surface area contributed by atoms with E-state index in [1.807, 2.05) is 6.07 Å². The van der Waals surface area contributed by atoms with Crippen molar-refractivity contribution >= 4 is 52.1 Å². The number of carbonyl (C=O) groups excluding carboxylic acids is 2. The van der Waals surface area contributed by atoms with E-state index in [-0.39, 0.29) is 37.4 Å². The third-order valence-corrected chi connectivity index (χ3v) is 5.41. The van der Waals surface area contributed by atoms with Crippen molar-refractivity contribution in [1.82, 2.24) is 9.97 Å². The molecule has 3 rings (SSSR count). The van der Waals surface area contributed by atoms with Crippen LogP contribution in [0.2, 0.25) is 0 Å². The molecule has 2 aromatic rings. The summed E-state index contributed by atoms with van der Waals surface area (Å²) >= 11 is 0. The summed E-state index contributed by atoms with van der Waals surface area (Å²) in [6.07, 6.45) is 3.72. The lowest BCUT2D eigenvalue weighted by Crippen LogP contribution is -2.18. The average Bonchev–Trinajstić information content (AvgIpc) is 3.29. The molecule has 5 N–H and O–H groups in total. The maximum atomic E-state index is 12.3. The van der Waals surface area contributed by atoms with E-state index in [0.29, 0.717) is 16.8 Å². The SMILES string of the molecule is O=C(O)CCC(=O)Nc1nc(NC(=O)CCC(=O)O)c2cc(NCC3CCCC3)ccc2n1. The maximum Gasteiger partial charge on any atom is 0.303 e. The summed E-state index contributed by atoms with van der Waals surface area (Å²) in [7, 11) is 0. The van der Waals surface area contributed by atoms with E-state index in [0.717, 1.165) is 12.2 Å². The lowest BCUT2D eigenvalue weighted by Gasteiger charge is -2.14. The van der Waals surface area contributed by atoms with E-state index in [1.165, 1.54) is 25.7 Å². The number of amides is 2. The predicted octanol–water partition coefficient (Wildman–Crippen LogP) is 2.84. The number of aromatic nitrogens is 2. The number of fused-ring (bicyclic) bond motifs is 1. The van der Waals surface area contributed by atoms with Gasteiger partial charge < -0.3 is 20.8 Å². The van der Waals surface area contributed by atoms with Crippen LogP contribution in [0.25, 0.3) is 10.9 Å². The Morgan fingerprint density at radius 1 is 0.879 bits per heavy atom. The van der Waals surface area contributed by atoms with E-state index in [4.69, 9.17) is 10.2 Å². The Labute approximate surface area is 190 Å². The molecule has 1 aromatic heterocycles. The lowest BCUT2D eigenvalue weighted by atomic mass is 10.1. The molecule has 2 amide bonds.